The van der Waals surface area contributed by atoms with E-state index in [2.05, 4.69) is 10.1 Å². The average Bonchev–Trinajstić information content (AvgIpc) is 3.18. The quantitative estimate of drug-likeness (QED) is 0.472. The van der Waals surface area contributed by atoms with Crippen LogP contribution < -0.4 is 4.74 Å². The fraction of sp³-hybridized carbons (Fsp3) is 0.400. The lowest BCUT2D eigenvalue weighted by Gasteiger charge is -2.22. The predicted octanol–water partition coefficient (Wildman–Crippen LogP) is 5.24. The molecule has 3 aromatic rings. The first kappa shape index (κ1) is 23.7. The van der Waals surface area contributed by atoms with Crippen LogP contribution in [0.3, 0.4) is 0 Å². The topological polar surface area (TPSA) is 69.5 Å². The number of pyridine rings is 1. The molecule has 0 bridgehead atoms. The van der Waals surface area contributed by atoms with Gasteiger partial charge in [-0.3, -0.25) is 9.67 Å². The fourth-order valence-electron chi connectivity index (χ4n) is 4.09. The Morgan fingerprint density at radius 1 is 1.12 bits per heavy atom. The summed E-state index contributed by atoms with van der Waals surface area (Å²) in [4.78, 5) is 18.4. The summed E-state index contributed by atoms with van der Waals surface area (Å²) in [6.45, 7) is -0.0235. The summed E-state index contributed by atoms with van der Waals surface area (Å²) in [5.74, 6) is -0.696. The van der Waals surface area contributed by atoms with Gasteiger partial charge >= 0.3 is 6.09 Å². The van der Waals surface area contributed by atoms with Crippen LogP contribution >= 0.6 is 0 Å². The molecule has 4 rings (SSSR count). The first-order chi connectivity index (χ1) is 16.4. The van der Waals surface area contributed by atoms with Crippen LogP contribution in [0.25, 0.3) is 11.3 Å². The zero-order valence-electron chi connectivity index (χ0n) is 19.3. The van der Waals surface area contributed by atoms with Gasteiger partial charge in [-0.05, 0) is 55.5 Å². The van der Waals surface area contributed by atoms with Gasteiger partial charge in [-0.1, -0.05) is 6.42 Å². The standard InChI is InChI=1S/C25H28F2N4O3/c1-30(25(32)33-16-17-10-18(26)12-19(27)11-17)15-24-22(14-29-31(24)2)23-9-8-21(13-28-23)34-20-6-4-3-5-7-20/h8-14,20H,3-7,15-16H2,1-2H3. The number of amides is 1. The number of benzene rings is 1. The Hall–Kier alpha value is -3.49. The van der Waals surface area contributed by atoms with E-state index in [0.717, 1.165) is 53.7 Å². The molecule has 1 saturated carbocycles. The third kappa shape index (κ3) is 5.89. The van der Waals surface area contributed by atoms with Crippen molar-refractivity contribution >= 4 is 6.09 Å². The number of ether oxygens (including phenoxy) is 2. The van der Waals surface area contributed by atoms with E-state index < -0.39 is 17.7 Å². The van der Waals surface area contributed by atoms with Crippen molar-refractivity contribution in [1.82, 2.24) is 19.7 Å². The minimum Gasteiger partial charge on any atom is -0.489 e. The van der Waals surface area contributed by atoms with E-state index in [1.807, 2.05) is 12.1 Å². The average molecular weight is 471 g/mol. The molecule has 0 N–H and O–H groups in total. The van der Waals surface area contributed by atoms with Gasteiger partial charge in [-0.25, -0.2) is 13.6 Å². The molecule has 0 radical (unpaired) electrons. The first-order valence-electron chi connectivity index (χ1n) is 11.4. The molecule has 1 aromatic carbocycles. The number of aryl methyl sites for hydroxylation is 1. The lowest BCUT2D eigenvalue weighted by Crippen LogP contribution is -2.28. The third-order valence-corrected chi connectivity index (χ3v) is 5.91. The molecule has 180 valence electrons. The first-order valence-corrected chi connectivity index (χ1v) is 11.4. The van der Waals surface area contributed by atoms with E-state index in [-0.39, 0.29) is 24.8 Å². The van der Waals surface area contributed by atoms with Crippen LogP contribution in [0.2, 0.25) is 0 Å². The molecule has 0 atom stereocenters. The maximum Gasteiger partial charge on any atom is 0.410 e. The van der Waals surface area contributed by atoms with E-state index >= 15 is 0 Å². The predicted molar refractivity (Wildman–Crippen MR) is 122 cm³/mol. The van der Waals surface area contributed by atoms with Crippen molar-refractivity contribution < 1.29 is 23.0 Å². The maximum absolute atomic E-state index is 13.3. The van der Waals surface area contributed by atoms with E-state index in [1.54, 1.807) is 31.2 Å². The van der Waals surface area contributed by atoms with Crippen molar-refractivity contribution in [1.29, 1.82) is 0 Å². The van der Waals surface area contributed by atoms with Crippen LogP contribution in [0.5, 0.6) is 5.75 Å². The number of aromatic nitrogens is 3. The van der Waals surface area contributed by atoms with Gasteiger partial charge in [0.05, 0.1) is 36.4 Å². The molecule has 0 saturated heterocycles. The number of hydrogen-bond donors (Lipinski definition) is 0. The zero-order valence-corrected chi connectivity index (χ0v) is 19.3. The van der Waals surface area contributed by atoms with Gasteiger partial charge < -0.3 is 14.4 Å². The number of nitrogens with zero attached hydrogens (tertiary/aromatic N) is 4. The molecule has 34 heavy (non-hydrogen) atoms. The molecule has 7 nitrogen and oxygen atoms in total. The molecular weight excluding hydrogens is 442 g/mol. The van der Waals surface area contributed by atoms with Crippen LogP contribution in [0, 0.1) is 11.6 Å². The minimum absolute atomic E-state index is 0.212. The normalized spacial score (nSPS) is 14.1. The Balaban J connectivity index is 1.39. The molecule has 0 aliphatic heterocycles. The highest BCUT2D eigenvalue weighted by Gasteiger charge is 2.19. The van der Waals surface area contributed by atoms with Crippen LogP contribution in [-0.2, 0) is 24.9 Å². The van der Waals surface area contributed by atoms with Gasteiger partial charge in [0.25, 0.3) is 0 Å². The second kappa shape index (κ2) is 10.6. The van der Waals surface area contributed by atoms with Crippen LogP contribution in [-0.4, -0.2) is 38.9 Å². The molecule has 1 fully saturated rings. The third-order valence-electron chi connectivity index (χ3n) is 5.91. The Morgan fingerprint density at radius 3 is 2.53 bits per heavy atom. The Bertz CT molecular complexity index is 1110. The van der Waals surface area contributed by atoms with Crippen molar-refractivity contribution in [2.24, 2.45) is 7.05 Å². The Morgan fingerprint density at radius 2 is 1.85 bits per heavy atom. The molecule has 9 heteroatoms. The van der Waals surface area contributed by atoms with E-state index in [4.69, 9.17) is 9.47 Å². The maximum atomic E-state index is 13.3. The van der Waals surface area contributed by atoms with Gasteiger partial charge in [-0.15, -0.1) is 0 Å². The van der Waals surface area contributed by atoms with Gasteiger partial charge in [0.2, 0.25) is 0 Å². The monoisotopic (exact) mass is 470 g/mol. The summed E-state index contributed by atoms with van der Waals surface area (Å²) in [6.07, 6.45) is 8.86. The lowest BCUT2D eigenvalue weighted by molar-refractivity contribution is 0.102. The number of halogens is 2. The number of carbonyl (C=O) groups is 1. The highest BCUT2D eigenvalue weighted by atomic mass is 19.1. The van der Waals surface area contributed by atoms with Crippen LogP contribution in [0.15, 0.2) is 42.7 Å². The number of rotatable bonds is 7. The molecular formula is C25H28F2N4O3. The summed E-state index contributed by atoms with van der Waals surface area (Å²) in [7, 11) is 3.37. The van der Waals surface area contributed by atoms with Crippen molar-refractivity contribution in [2.75, 3.05) is 7.05 Å². The fourth-order valence-corrected chi connectivity index (χ4v) is 4.09. The van der Waals surface area contributed by atoms with Gasteiger partial charge in [0, 0.05) is 25.7 Å². The smallest absolute Gasteiger partial charge is 0.410 e. The van der Waals surface area contributed by atoms with Crippen LogP contribution in [0.4, 0.5) is 13.6 Å². The summed E-state index contributed by atoms with van der Waals surface area (Å²) in [5.41, 5.74) is 2.51. The van der Waals surface area contributed by atoms with E-state index in [9.17, 15) is 13.6 Å². The molecule has 0 unspecified atom stereocenters. The summed E-state index contributed by atoms with van der Waals surface area (Å²) in [5, 5.41) is 4.32. The van der Waals surface area contributed by atoms with Crippen LogP contribution in [0.1, 0.15) is 43.4 Å². The van der Waals surface area contributed by atoms with Gasteiger partial charge in [-0.2, -0.15) is 5.10 Å². The molecule has 2 heterocycles. The number of hydrogen-bond acceptors (Lipinski definition) is 5. The van der Waals surface area contributed by atoms with Gasteiger partial charge in [0.15, 0.2) is 0 Å². The second-order valence-electron chi connectivity index (χ2n) is 8.57. The second-order valence-corrected chi connectivity index (χ2v) is 8.57. The largest absolute Gasteiger partial charge is 0.489 e. The summed E-state index contributed by atoms with van der Waals surface area (Å²) < 4.78 is 39.6. The molecule has 1 aliphatic carbocycles. The molecule has 1 amide bonds. The Kier molecular flexibility index (Phi) is 7.40. The minimum atomic E-state index is -0.721. The molecule has 2 aromatic heterocycles. The summed E-state index contributed by atoms with van der Waals surface area (Å²) in [6, 6.07) is 6.81. The highest BCUT2D eigenvalue weighted by Crippen LogP contribution is 2.27. The van der Waals surface area contributed by atoms with Crippen molar-refractivity contribution in [2.45, 2.75) is 51.4 Å². The lowest BCUT2D eigenvalue weighted by atomic mass is 9.98. The zero-order chi connectivity index (χ0) is 24.1. The Labute approximate surface area is 197 Å². The van der Waals surface area contributed by atoms with Crippen molar-refractivity contribution in [3.8, 4) is 17.0 Å². The van der Waals surface area contributed by atoms with Crippen molar-refractivity contribution in [3.05, 3.63) is 65.6 Å². The molecule has 1 aliphatic rings. The van der Waals surface area contributed by atoms with Gasteiger partial charge in [0.1, 0.15) is 24.0 Å². The van der Waals surface area contributed by atoms with E-state index in [1.165, 1.54) is 24.2 Å². The molecule has 0 spiro atoms. The summed E-state index contributed by atoms with van der Waals surface area (Å²) >= 11 is 0. The highest BCUT2D eigenvalue weighted by molar-refractivity contribution is 5.68. The SMILES string of the molecule is CN(Cc1c(-c2ccc(OC3CCCCC3)cn2)cnn1C)C(=O)OCc1cc(F)cc(F)c1. The number of carbonyl (C=O) groups excluding carboxylic acids is 1. The van der Waals surface area contributed by atoms with E-state index in [0.29, 0.717) is 0 Å². The van der Waals surface area contributed by atoms with Crippen molar-refractivity contribution in [3.63, 3.8) is 0 Å².